The Morgan fingerprint density at radius 2 is 1.76 bits per heavy atom. The molecule has 0 radical (unpaired) electrons. The maximum absolute atomic E-state index is 12.8. The van der Waals surface area contributed by atoms with Crippen LogP contribution in [0.25, 0.3) is 0 Å². The molecule has 2 aromatic heterocycles. The number of nitrogens with zero attached hydrogens (tertiary/aromatic N) is 4. The SMILES string of the molecule is Cc1nc(S(=O)(=O)N2CCC(C(=O)NCc3ccc(Cn4ccccc4=O)cc3)CC2)cn1C. The Hall–Kier alpha value is -3.24. The number of carbonyl (C=O) groups is 1. The van der Waals surface area contributed by atoms with E-state index in [2.05, 4.69) is 10.3 Å². The van der Waals surface area contributed by atoms with Crippen LogP contribution in [0.3, 0.4) is 0 Å². The van der Waals surface area contributed by atoms with Crippen molar-refractivity contribution in [1.29, 1.82) is 0 Å². The maximum atomic E-state index is 12.8. The van der Waals surface area contributed by atoms with Crippen molar-refractivity contribution in [1.82, 2.24) is 23.7 Å². The zero-order chi connectivity index (χ0) is 24.3. The fourth-order valence-corrected chi connectivity index (χ4v) is 5.52. The largest absolute Gasteiger partial charge is 0.352 e. The molecule has 3 aromatic rings. The predicted octanol–water partition coefficient (Wildman–Crippen LogP) is 1.66. The van der Waals surface area contributed by atoms with Gasteiger partial charge in [0, 0.05) is 51.1 Å². The van der Waals surface area contributed by atoms with Crippen LogP contribution in [0.5, 0.6) is 0 Å². The molecule has 34 heavy (non-hydrogen) atoms. The van der Waals surface area contributed by atoms with Crippen molar-refractivity contribution in [3.05, 3.63) is 82.2 Å². The van der Waals surface area contributed by atoms with Gasteiger partial charge in [-0.1, -0.05) is 30.3 Å². The number of piperidine rings is 1. The molecule has 0 unspecified atom stereocenters. The average molecular weight is 484 g/mol. The number of amides is 1. The Morgan fingerprint density at radius 3 is 2.38 bits per heavy atom. The standard InChI is InChI=1S/C24H29N5O4S/c1-18-26-22(17-27(18)2)34(32,33)29-13-10-21(11-14-29)24(31)25-15-19-6-8-20(9-7-19)16-28-12-4-3-5-23(28)30/h3-9,12,17,21H,10-11,13-16H2,1-2H3,(H,25,31). The molecule has 3 heterocycles. The average Bonchev–Trinajstić information content (AvgIpc) is 3.19. The van der Waals surface area contributed by atoms with Gasteiger partial charge < -0.3 is 14.5 Å². The summed E-state index contributed by atoms with van der Waals surface area (Å²) < 4.78 is 30.4. The summed E-state index contributed by atoms with van der Waals surface area (Å²) in [7, 11) is -1.89. The number of nitrogens with one attached hydrogen (secondary N) is 1. The van der Waals surface area contributed by atoms with Crippen molar-refractivity contribution in [2.75, 3.05) is 13.1 Å². The van der Waals surface area contributed by atoms with Crippen molar-refractivity contribution in [2.45, 2.75) is 37.9 Å². The molecule has 0 aliphatic carbocycles. The lowest BCUT2D eigenvalue weighted by Gasteiger charge is -2.29. The van der Waals surface area contributed by atoms with Crippen molar-refractivity contribution in [2.24, 2.45) is 13.0 Å². The number of imidazole rings is 1. The fourth-order valence-electron chi connectivity index (χ4n) is 4.03. The third kappa shape index (κ3) is 5.28. The van der Waals surface area contributed by atoms with Gasteiger partial charge in [0.25, 0.3) is 15.6 Å². The van der Waals surface area contributed by atoms with Crippen molar-refractivity contribution >= 4 is 15.9 Å². The molecule has 0 bridgehead atoms. The summed E-state index contributed by atoms with van der Waals surface area (Å²) >= 11 is 0. The second-order valence-corrected chi connectivity index (χ2v) is 10.5. The number of aryl methyl sites for hydroxylation is 2. The molecule has 1 saturated heterocycles. The van der Waals surface area contributed by atoms with Gasteiger partial charge in [-0.2, -0.15) is 4.31 Å². The van der Waals surface area contributed by atoms with Gasteiger partial charge in [-0.05, 0) is 37.0 Å². The van der Waals surface area contributed by atoms with Crippen LogP contribution in [0.15, 0.2) is 64.7 Å². The summed E-state index contributed by atoms with van der Waals surface area (Å²) in [5.74, 6) is 0.349. The molecule has 4 rings (SSSR count). The first kappa shape index (κ1) is 23.9. The minimum atomic E-state index is -3.65. The van der Waals surface area contributed by atoms with Gasteiger partial charge in [0.15, 0.2) is 5.03 Å². The summed E-state index contributed by atoms with van der Waals surface area (Å²) in [5.41, 5.74) is 1.91. The number of hydrogen-bond acceptors (Lipinski definition) is 5. The van der Waals surface area contributed by atoms with Crippen LogP contribution in [-0.2, 0) is 35.0 Å². The summed E-state index contributed by atoms with van der Waals surface area (Å²) in [5, 5.41) is 3.02. The number of carbonyl (C=O) groups excluding carboxylic acids is 1. The van der Waals surface area contributed by atoms with E-state index in [1.165, 1.54) is 16.6 Å². The van der Waals surface area contributed by atoms with Crippen molar-refractivity contribution in [3.8, 4) is 0 Å². The van der Waals surface area contributed by atoms with Crippen LogP contribution >= 0.6 is 0 Å². The zero-order valence-corrected chi connectivity index (χ0v) is 20.2. The molecular formula is C24H29N5O4S. The van der Waals surface area contributed by atoms with Gasteiger partial charge in [0.05, 0.1) is 6.54 Å². The summed E-state index contributed by atoms with van der Waals surface area (Å²) in [6, 6.07) is 12.8. The van der Waals surface area contributed by atoms with Crippen LogP contribution < -0.4 is 10.9 Å². The van der Waals surface area contributed by atoms with E-state index in [-0.39, 0.29) is 22.4 Å². The van der Waals surface area contributed by atoms with Crippen LogP contribution in [0, 0.1) is 12.8 Å². The first-order chi connectivity index (χ1) is 16.2. The van der Waals surface area contributed by atoms with E-state index in [1.54, 1.807) is 35.4 Å². The maximum Gasteiger partial charge on any atom is 0.262 e. The molecular weight excluding hydrogens is 454 g/mol. The summed E-state index contributed by atoms with van der Waals surface area (Å²) in [4.78, 5) is 28.7. The molecule has 1 aromatic carbocycles. The van der Waals surface area contributed by atoms with Gasteiger partial charge in [-0.25, -0.2) is 13.4 Å². The van der Waals surface area contributed by atoms with Crippen molar-refractivity contribution < 1.29 is 13.2 Å². The number of rotatable bonds is 7. The molecule has 0 atom stereocenters. The highest BCUT2D eigenvalue weighted by Gasteiger charge is 2.33. The molecule has 10 heteroatoms. The van der Waals surface area contributed by atoms with Gasteiger partial charge in [-0.15, -0.1) is 0 Å². The van der Waals surface area contributed by atoms with E-state index in [0.717, 1.165) is 11.1 Å². The van der Waals surface area contributed by atoms with E-state index in [1.807, 2.05) is 30.3 Å². The molecule has 0 spiro atoms. The van der Waals surface area contributed by atoms with Crippen LogP contribution in [0.4, 0.5) is 0 Å². The fraction of sp³-hybridized carbons (Fsp3) is 0.375. The quantitative estimate of drug-likeness (QED) is 0.550. The predicted molar refractivity (Wildman–Crippen MR) is 128 cm³/mol. The normalized spacial score (nSPS) is 15.4. The van der Waals surface area contributed by atoms with Gasteiger partial charge >= 0.3 is 0 Å². The van der Waals surface area contributed by atoms with Gasteiger partial charge in [0.1, 0.15) is 5.82 Å². The van der Waals surface area contributed by atoms with Crippen LogP contribution in [0.1, 0.15) is 29.8 Å². The molecule has 1 N–H and O–H groups in total. The number of sulfonamides is 1. The summed E-state index contributed by atoms with van der Waals surface area (Å²) in [6.45, 7) is 3.24. The number of aromatic nitrogens is 3. The Balaban J connectivity index is 1.27. The second kappa shape index (κ2) is 9.94. The van der Waals surface area contributed by atoms with E-state index in [4.69, 9.17) is 0 Å². The Bertz CT molecular complexity index is 1300. The lowest BCUT2D eigenvalue weighted by Crippen LogP contribution is -2.43. The van der Waals surface area contributed by atoms with Gasteiger partial charge in [-0.3, -0.25) is 9.59 Å². The molecule has 1 fully saturated rings. The van der Waals surface area contributed by atoms with Crippen molar-refractivity contribution in [3.63, 3.8) is 0 Å². The third-order valence-electron chi connectivity index (χ3n) is 6.26. The topological polar surface area (TPSA) is 106 Å². The lowest BCUT2D eigenvalue weighted by atomic mass is 9.97. The Kier molecular flexibility index (Phi) is 6.99. The molecule has 1 aliphatic heterocycles. The highest BCUT2D eigenvalue weighted by atomic mass is 32.2. The Labute approximate surface area is 199 Å². The smallest absolute Gasteiger partial charge is 0.262 e. The van der Waals surface area contributed by atoms with Gasteiger partial charge in [0.2, 0.25) is 5.91 Å². The molecule has 180 valence electrons. The minimum absolute atomic E-state index is 0.0483. The highest BCUT2D eigenvalue weighted by Crippen LogP contribution is 2.23. The van der Waals surface area contributed by atoms with E-state index in [9.17, 15) is 18.0 Å². The lowest BCUT2D eigenvalue weighted by molar-refractivity contribution is -0.126. The molecule has 1 aliphatic rings. The monoisotopic (exact) mass is 483 g/mol. The van der Waals surface area contributed by atoms with Crippen LogP contribution in [-0.4, -0.2) is 45.8 Å². The molecule has 1 amide bonds. The van der Waals surface area contributed by atoms with E-state index in [0.29, 0.717) is 44.8 Å². The summed E-state index contributed by atoms with van der Waals surface area (Å²) in [6.07, 6.45) is 4.22. The van der Waals surface area contributed by atoms with E-state index >= 15 is 0 Å². The minimum Gasteiger partial charge on any atom is -0.352 e. The number of benzene rings is 1. The number of hydrogen-bond donors (Lipinski definition) is 1. The second-order valence-electron chi connectivity index (χ2n) is 8.62. The molecule has 9 nitrogen and oxygen atoms in total. The number of pyridine rings is 1. The van der Waals surface area contributed by atoms with Crippen LogP contribution in [0.2, 0.25) is 0 Å². The highest BCUT2D eigenvalue weighted by molar-refractivity contribution is 7.89. The van der Waals surface area contributed by atoms with E-state index < -0.39 is 10.0 Å². The molecule has 0 saturated carbocycles. The first-order valence-electron chi connectivity index (χ1n) is 11.2. The zero-order valence-electron chi connectivity index (χ0n) is 19.3. The third-order valence-corrected chi connectivity index (χ3v) is 8.03. The Morgan fingerprint density at radius 1 is 1.09 bits per heavy atom. The first-order valence-corrected chi connectivity index (χ1v) is 12.7.